The van der Waals surface area contributed by atoms with E-state index >= 15 is 0 Å². The van der Waals surface area contributed by atoms with Crippen LogP contribution in [0.5, 0.6) is 0 Å². The minimum Gasteiger partial charge on any atom is -0.444 e. The van der Waals surface area contributed by atoms with Gasteiger partial charge in [0.2, 0.25) is 0 Å². The van der Waals surface area contributed by atoms with E-state index in [1.807, 2.05) is 50.1 Å². The number of ether oxygens (including phenoxy) is 1. The molecule has 2 aromatic rings. The van der Waals surface area contributed by atoms with Gasteiger partial charge in [-0.15, -0.1) is 11.3 Å². The molecule has 2 aliphatic heterocycles. The standard InChI is InChI=1S/C30H38N6O4S/c1-19-34-23(18-41-19)17-33-27(37)21-7-5-20(6-8-21)26-31-15-22(16-32-26)28(38)36(24-9-10-24)25-11-13-35(14-12-25)29(39)40-30(2,3)4/h5-8,15,18,24-25H,9-14,16-17H2,1-4H3,(H,31,32)(H,33,37). The molecule has 1 aromatic carbocycles. The molecule has 41 heavy (non-hydrogen) atoms. The average molecular weight is 579 g/mol. The van der Waals surface area contributed by atoms with Crippen LogP contribution in [0.3, 0.4) is 0 Å². The Labute approximate surface area is 244 Å². The van der Waals surface area contributed by atoms with Crippen LogP contribution in [0.4, 0.5) is 4.79 Å². The number of aryl methyl sites for hydroxylation is 1. The molecule has 3 heterocycles. The van der Waals surface area contributed by atoms with Crippen molar-refractivity contribution in [1.82, 2.24) is 25.4 Å². The number of thiazole rings is 1. The number of aromatic nitrogens is 1. The number of benzene rings is 1. The Balaban J connectivity index is 1.14. The van der Waals surface area contributed by atoms with Crippen LogP contribution in [0.25, 0.3) is 0 Å². The molecule has 218 valence electrons. The second-order valence-electron chi connectivity index (χ2n) is 11.7. The number of carbonyl (C=O) groups excluding carboxylic acids is 3. The number of hydrogen-bond acceptors (Lipinski definition) is 8. The van der Waals surface area contributed by atoms with E-state index in [0.717, 1.165) is 41.9 Å². The third-order valence-corrected chi connectivity index (χ3v) is 8.09. The molecule has 2 N–H and O–H groups in total. The van der Waals surface area contributed by atoms with Gasteiger partial charge in [0.15, 0.2) is 0 Å². The summed E-state index contributed by atoms with van der Waals surface area (Å²) in [6.07, 6.45) is 4.96. The highest BCUT2D eigenvalue weighted by atomic mass is 32.1. The first-order valence-electron chi connectivity index (χ1n) is 14.2. The molecule has 0 radical (unpaired) electrons. The summed E-state index contributed by atoms with van der Waals surface area (Å²) in [6.45, 7) is 9.37. The summed E-state index contributed by atoms with van der Waals surface area (Å²) in [6, 6.07) is 7.59. The minimum absolute atomic E-state index is 0.0147. The van der Waals surface area contributed by atoms with Gasteiger partial charge in [-0.3, -0.25) is 14.6 Å². The van der Waals surface area contributed by atoms with E-state index < -0.39 is 5.60 Å². The van der Waals surface area contributed by atoms with Gasteiger partial charge in [-0.2, -0.15) is 0 Å². The topological polar surface area (TPSA) is 116 Å². The summed E-state index contributed by atoms with van der Waals surface area (Å²) in [4.78, 5) is 51.4. The number of nitrogens with one attached hydrogen (secondary N) is 2. The van der Waals surface area contributed by atoms with Crippen molar-refractivity contribution in [1.29, 1.82) is 0 Å². The van der Waals surface area contributed by atoms with E-state index in [-0.39, 0.29) is 36.5 Å². The quantitative estimate of drug-likeness (QED) is 0.513. The Bertz CT molecular complexity index is 1350. The number of hydrogen-bond donors (Lipinski definition) is 2. The summed E-state index contributed by atoms with van der Waals surface area (Å²) in [5.41, 5.74) is 2.35. The second-order valence-corrected chi connectivity index (χ2v) is 12.8. The summed E-state index contributed by atoms with van der Waals surface area (Å²) in [5, 5.41) is 9.00. The van der Waals surface area contributed by atoms with Crippen molar-refractivity contribution in [3.05, 3.63) is 63.2 Å². The number of amides is 3. The lowest BCUT2D eigenvalue weighted by atomic mass is 10.0. The van der Waals surface area contributed by atoms with E-state index in [0.29, 0.717) is 36.6 Å². The van der Waals surface area contributed by atoms with Crippen LogP contribution in [-0.4, -0.2) is 75.8 Å². The van der Waals surface area contributed by atoms with Crippen molar-refractivity contribution in [2.45, 2.75) is 77.6 Å². The first kappa shape index (κ1) is 28.8. The van der Waals surface area contributed by atoms with Gasteiger partial charge in [-0.25, -0.2) is 9.78 Å². The van der Waals surface area contributed by atoms with Crippen LogP contribution in [0.2, 0.25) is 0 Å². The van der Waals surface area contributed by atoms with E-state index in [4.69, 9.17) is 4.74 Å². The predicted octanol–water partition coefficient (Wildman–Crippen LogP) is 4.01. The fourth-order valence-electron chi connectivity index (χ4n) is 5.06. The fraction of sp³-hybridized carbons (Fsp3) is 0.500. The Hall–Kier alpha value is -3.73. The van der Waals surface area contributed by atoms with Crippen molar-refractivity contribution < 1.29 is 19.1 Å². The molecule has 0 atom stereocenters. The highest BCUT2D eigenvalue weighted by Crippen LogP contribution is 2.33. The number of amidine groups is 1. The molecular weight excluding hydrogens is 540 g/mol. The summed E-state index contributed by atoms with van der Waals surface area (Å²) in [7, 11) is 0. The normalized spacial score (nSPS) is 17.7. The first-order chi connectivity index (χ1) is 19.6. The van der Waals surface area contributed by atoms with Crippen molar-refractivity contribution in [2.75, 3.05) is 19.6 Å². The third kappa shape index (κ3) is 7.32. The molecule has 3 aliphatic rings. The van der Waals surface area contributed by atoms with Crippen molar-refractivity contribution in [2.24, 2.45) is 4.99 Å². The average Bonchev–Trinajstić information content (AvgIpc) is 3.70. The smallest absolute Gasteiger partial charge is 0.410 e. The van der Waals surface area contributed by atoms with Gasteiger partial charge in [0.1, 0.15) is 11.4 Å². The van der Waals surface area contributed by atoms with E-state index in [2.05, 4.69) is 20.6 Å². The van der Waals surface area contributed by atoms with E-state index in [1.165, 1.54) is 0 Å². The van der Waals surface area contributed by atoms with Gasteiger partial charge in [-0.05, 0) is 65.5 Å². The van der Waals surface area contributed by atoms with Crippen molar-refractivity contribution >= 4 is 35.1 Å². The maximum atomic E-state index is 13.6. The van der Waals surface area contributed by atoms with Gasteiger partial charge in [0.05, 0.1) is 29.4 Å². The molecule has 1 aliphatic carbocycles. The Morgan fingerprint density at radius 1 is 1.10 bits per heavy atom. The third-order valence-electron chi connectivity index (χ3n) is 7.27. The number of nitrogens with zero attached hydrogens (tertiary/aromatic N) is 4. The molecule has 1 aromatic heterocycles. The van der Waals surface area contributed by atoms with E-state index in [1.54, 1.807) is 34.6 Å². The lowest BCUT2D eigenvalue weighted by Gasteiger charge is -2.39. The molecule has 0 spiro atoms. The molecule has 5 rings (SSSR count). The van der Waals surface area contributed by atoms with Crippen LogP contribution >= 0.6 is 11.3 Å². The Kier molecular flexibility index (Phi) is 8.44. The largest absolute Gasteiger partial charge is 0.444 e. The molecule has 0 unspecified atom stereocenters. The second kappa shape index (κ2) is 12.0. The van der Waals surface area contributed by atoms with Crippen LogP contribution in [-0.2, 0) is 16.1 Å². The minimum atomic E-state index is -0.526. The van der Waals surface area contributed by atoms with Gasteiger partial charge in [-0.1, -0.05) is 12.1 Å². The predicted molar refractivity (Wildman–Crippen MR) is 158 cm³/mol. The Morgan fingerprint density at radius 2 is 1.78 bits per heavy atom. The van der Waals surface area contributed by atoms with Crippen LogP contribution < -0.4 is 10.6 Å². The lowest BCUT2D eigenvalue weighted by Crippen LogP contribution is -2.51. The molecule has 2 fully saturated rings. The number of rotatable bonds is 7. The molecule has 1 saturated carbocycles. The number of likely N-dealkylation sites (tertiary alicyclic amines) is 1. The summed E-state index contributed by atoms with van der Waals surface area (Å²) < 4.78 is 5.52. The molecular formula is C30H38N6O4S. The maximum absolute atomic E-state index is 13.6. The Morgan fingerprint density at radius 3 is 2.34 bits per heavy atom. The highest BCUT2D eigenvalue weighted by molar-refractivity contribution is 7.09. The van der Waals surface area contributed by atoms with Gasteiger partial charge < -0.3 is 25.2 Å². The first-order valence-corrected chi connectivity index (χ1v) is 15.1. The SMILES string of the molecule is Cc1nc(CNC(=O)c2ccc(C3=NCC(C(=O)N(C4CC4)C4CCN(C(=O)OC(C)(C)C)CC4)=CN3)cc2)cs1. The molecule has 11 heteroatoms. The van der Waals surface area contributed by atoms with E-state index in [9.17, 15) is 14.4 Å². The zero-order valence-electron chi connectivity index (χ0n) is 24.1. The molecule has 0 bridgehead atoms. The van der Waals surface area contributed by atoms with Crippen LogP contribution in [0.1, 0.15) is 73.1 Å². The fourth-order valence-corrected chi connectivity index (χ4v) is 5.67. The monoisotopic (exact) mass is 578 g/mol. The van der Waals surface area contributed by atoms with Crippen LogP contribution in [0, 0.1) is 6.92 Å². The molecule has 3 amide bonds. The zero-order chi connectivity index (χ0) is 29.1. The molecule has 1 saturated heterocycles. The number of piperidine rings is 1. The zero-order valence-corrected chi connectivity index (χ0v) is 24.9. The molecule has 10 nitrogen and oxygen atoms in total. The maximum Gasteiger partial charge on any atom is 0.410 e. The van der Waals surface area contributed by atoms with Gasteiger partial charge in [0.25, 0.3) is 11.8 Å². The van der Waals surface area contributed by atoms with Crippen molar-refractivity contribution in [3.8, 4) is 0 Å². The van der Waals surface area contributed by atoms with Crippen LogP contribution in [0.15, 0.2) is 46.4 Å². The highest BCUT2D eigenvalue weighted by Gasteiger charge is 2.40. The van der Waals surface area contributed by atoms with Gasteiger partial charge >= 0.3 is 6.09 Å². The lowest BCUT2D eigenvalue weighted by molar-refractivity contribution is -0.131. The number of carbonyl (C=O) groups is 3. The van der Waals surface area contributed by atoms with Gasteiger partial charge in [0, 0.05) is 47.9 Å². The van der Waals surface area contributed by atoms with Crippen molar-refractivity contribution in [3.63, 3.8) is 0 Å². The summed E-state index contributed by atoms with van der Waals surface area (Å²) in [5.74, 6) is 0.515. The number of aliphatic imine (C=N–C) groups is 1. The summed E-state index contributed by atoms with van der Waals surface area (Å²) >= 11 is 1.56.